The molecule has 0 unspecified atom stereocenters. The van der Waals surface area contributed by atoms with Crippen molar-refractivity contribution >= 4 is 40.0 Å². The Bertz CT molecular complexity index is 994. The molecule has 1 aliphatic rings. The van der Waals surface area contributed by atoms with E-state index in [0.717, 1.165) is 25.1 Å². The van der Waals surface area contributed by atoms with Crippen LogP contribution in [0.15, 0.2) is 58.4 Å². The third-order valence-corrected chi connectivity index (χ3v) is 7.34. The molecule has 1 saturated heterocycles. The van der Waals surface area contributed by atoms with Crippen LogP contribution in [-0.4, -0.2) is 70.4 Å². The molecule has 1 aliphatic heterocycles. The van der Waals surface area contributed by atoms with E-state index in [1.54, 1.807) is 35.6 Å². The number of benzene rings is 2. The molecule has 0 radical (unpaired) electrons. The van der Waals surface area contributed by atoms with Gasteiger partial charge in [-0.1, -0.05) is 30.3 Å². The fourth-order valence-electron chi connectivity index (χ4n) is 3.44. The summed E-state index contributed by atoms with van der Waals surface area (Å²) in [5, 5.41) is 6.40. The smallest absolute Gasteiger partial charge is 0.243 e. The van der Waals surface area contributed by atoms with E-state index < -0.39 is 10.0 Å². The first-order valence-corrected chi connectivity index (χ1v) is 11.8. The average Bonchev–Trinajstić information content (AvgIpc) is 2.78. The van der Waals surface area contributed by atoms with Crippen LogP contribution in [0.3, 0.4) is 0 Å². The molecule has 32 heavy (non-hydrogen) atoms. The number of nitrogens with zero attached hydrogens (tertiary/aromatic N) is 3. The Kier molecular flexibility index (Phi) is 10.3. The number of piperazine rings is 1. The van der Waals surface area contributed by atoms with Crippen LogP contribution in [0.25, 0.3) is 0 Å². The van der Waals surface area contributed by atoms with Crippen molar-refractivity contribution in [3.8, 4) is 0 Å². The Labute approximate surface area is 207 Å². The first kappa shape index (κ1) is 26.5. The van der Waals surface area contributed by atoms with Gasteiger partial charge in [-0.05, 0) is 42.8 Å². The highest BCUT2D eigenvalue weighted by atomic mass is 127. The van der Waals surface area contributed by atoms with Gasteiger partial charge in [0.15, 0.2) is 5.96 Å². The Hall–Kier alpha value is -1.76. The highest BCUT2D eigenvalue weighted by Crippen LogP contribution is 2.21. The van der Waals surface area contributed by atoms with Crippen LogP contribution >= 0.6 is 24.0 Å². The molecule has 3 rings (SSSR count). The van der Waals surface area contributed by atoms with Crippen LogP contribution in [0.4, 0.5) is 4.39 Å². The van der Waals surface area contributed by atoms with E-state index in [-0.39, 0.29) is 29.8 Å². The van der Waals surface area contributed by atoms with E-state index in [1.807, 2.05) is 19.2 Å². The summed E-state index contributed by atoms with van der Waals surface area (Å²) < 4.78 is 40.9. The molecule has 0 aromatic heterocycles. The molecule has 0 bridgehead atoms. The van der Waals surface area contributed by atoms with Crippen molar-refractivity contribution < 1.29 is 12.8 Å². The predicted octanol–water partition coefficient (Wildman–Crippen LogP) is 2.29. The average molecular weight is 575 g/mol. The highest BCUT2D eigenvalue weighted by Gasteiger charge is 2.29. The molecular weight excluding hydrogens is 544 g/mol. The molecule has 1 fully saturated rings. The van der Waals surface area contributed by atoms with Gasteiger partial charge in [-0.2, -0.15) is 4.31 Å². The minimum absolute atomic E-state index is 0. The lowest BCUT2D eigenvalue weighted by molar-refractivity contribution is 0.222. The van der Waals surface area contributed by atoms with E-state index in [4.69, 9.17) is 0 Å². The van der Waals surface area contributed by atoms with Crippen molar-refractivity contribution in [3.63, 3.8) is 0 Å². The van der Waals surface area contributed by atoms with Crippen molar-refractivity contribution in [1.29, 1.82) is 0 Å². The van der Waals surface area contributed by atoms with E-state index in [2.05, 4.69) is 20.5 Å². The molecule has 2 N–H and O–H groups in total. The molecule has 176 valence electrons. The van der Waals surface area contributed by atoms with Crippen molar-refractivity contribution in [3.05, 3.63) is 65.5 Å². The SMILES string of the molecule is CN=C(NCCc1ccc(F)cc1)NCc1ccccc1S(=O)(=O)N1CCN(C)CC1.I. The molecule has 0 spiro atoms. The summed E-state index contributed by atoms with van der Waals surface area (Å²) in [6.07, 6.45) is 0.718. The van der Waals surface area contributed by atoms with E-state index >= 15 is 0 Å². The zero-order chi connectivity index (χ0) is 22.3. The van der Waals surface area contributed by atoms with Gasteiger partial charge in [0.05, 0.1) is 4.90 Å². The van der Waals surface area contributed by atoms with Gasteiger partial charge in [-0.25, -0.2) is 12.8 Å². The topological polar surface area (TPSA) is 77.0 Å². The number of aliphatic imine (C=N–C) groups is 1. The summed E-state index contributed by atoms with van der Waals surface area (Å²) in [7, 11) is 0.112. The number of likely N-dealkylation sites (N-methyl/N-ethyl adjacent to an activating group) is 1. The van der Waals surface area contributed by atoms with Gasteiger partial charge in [-0.3, -0.25) is 4.99 Å². The first-order valence-electron chi connectivity index (χ1n) is 10.4. The zero-order valence-corrected chi connectivity index (χ0v) is 21.6. The first-order chi connectivity index (χ1) is 14.9. The highest BCUT2D eigenvalue weighted by molar-refractivity contribution is 14.0. The Morgan fingerprint density at radius 1 is 1.03 bits per heavy atom. The lowest BCUT2D eigenvalue weighted by Gasteiger charge is -2.32. The number of hydrogen-bond acceptors (Lipinski definition) is 4. The zero-order valence-electron chi connectivity index (χ0n) is 18.4. The maximum atomic E-state index is 13.2. The summed E-state index contributed by atoms with van der Waals surface area (Å²) in [6.45, 7) is 3.39. The van der Waals surface area contributed by atoms with Gasteiger partial charge < -0.3 is 15.5 Å². The van der Waals surface area contributed by atoms with E-state index in [0.29, 0.717) is 42.6 Å². The predicted molar refractivity (Wildman–Crippen MR) is 136 cm³/mol. The molecule has 0 aliphatic carbocycles. The van der Waals surface area contributed by atoms with Gasteiger partial charge in [-0.15, -0.1) is 24.0 Å². The van der Waals surface area contributed by atoms with Gasteiger partial charge in [0.1, 0.15) is 5.82 Å². The molecule has 2 aromatic rings. The molecular formula is C22H31FIN5O2S. The van der Waals surface area contributed by atoms with Gasteiger partial charge in [0, 0.05) is 46.3 Å². The number of hydrogen-bond donors (Lipinski definition) is 2. The van der Waals surface area contributed by atoms with Crippen molar-refractivity contribution in [2.75, 3.05) is 46.8 Å². The largest absolute Gasteiger partial charge is 0.356 e. The number of guanidine groups is 1. The molecule has 10 heteroatoms. The number of halogens is 2. The normalized spacial score (nSPS) is 15.8. The summed E-state index contributed by atoms with van der Waals surface area (Å²) in [6, 6.07) is 13.5. The molecule has 2 aromatic carbocycles. The van der Waals surface area contributed by atoms with E-state index in [1.165, 1.54) is 12.1 Å². The maximum absolute atomic E-state index is 13.2. The lowest BCUT2D eigenvalue weighted by Crippen LogP contribution is -2.47. The molecule has 1 heterocycles. The lowest BCUT2D eigenvalue weighted by atomic mass is 10.1. The maximum Gasteiger partial charge on any atom is 0.243 e. The van der Waals surface area contributed by atoms with Crippen molar-refractivity contribution in [2.24, 2.45) is 4.99 Å². The van der Waals surface area contributed by atoms with Crippen molar-refractivity contribution in [1.82, 2.24) is 19.8 Å². The van der Waals surface area contributed by atoms with Crippen molar-refractivity contribution in [2.45, 2.75) is 17.9 Å². The van der Waals surface area contributed by atoms with Crippen LogP contribution in [0, 0.1) is 5.82 Å². The van der Waals surface area contributed by atoms with Crippen LogP contribution < -0.4 is 10.6 Å². The second kappa shape index (κ2) is 12.5. The van der Waals surface area contributed by atoms with Gasteiger partial charge in [0.2, 0.25) is 10.0 Å². The summed E-state index contributed by atoms with van der Waals surface area (Å²) in [5.41, 5.74) is 1.72. The molecule has 0 amide bonds. The third-order valence-electron chi connectivity index (χ3n) is 5.34. The van der Waals surface area contributed by atoms with Gasteiger partial charge in [0.25, 0.3) is 0 Å². The Morgan fingerprint density at radius 2 is 1.69 bits per heavy atom. The minimum Gasteiger partial charge on any atom is -0.356 e. The molecule has 0 saturated carbocycles. The third kappa shape index (κ3) is 7.12. The van der Waals surface area contributed by atoms with Gasteiger partial charge >= 0.3 is 0 Å². The second-order valence-corrected chi connectivity index (χ2v) is 9.45. The fraction of sp³-hybridized carbons (Fsp3) is 0.409. The standard InChI is InChI=1S/C22H30FN5O2S.HI/c1-24-22(25-12-11-18-7-9-20(23)10-8-18)26-17-19-5-3-4-6-21(19)31(29,30)28-15-13-27(2)14-16-28;/h3-10H,11-17H2,1-2H3,(H2,24,25,26);1H. The second-order valence-electron chi connectivity index (χ2n) is 7.54. The molecule has 7 nitrogen and oxygen atoms in total. The summed E-state index contributed by atoms with van der Waals surface area (Å²) >= 11 is 0. The van der Waals surface area contributed by atoms with Crippen LogP contribution in [-0.2, 0) is 23.0 Å². The number of nitrogens with one attached hydrogen (secondary N) is 2. The van der Waals surface area contributed by atoms with Crippen LogP contribution in [0.5, 0.6) is 0 Å². The van der Waals surface area contributed by atoms with E-state index in [9.17, 15) is 12.8 Å². The fourth-order valence-corrected chi connectivity index (χ4v) is 5.09. The monoisotopic (exact) mass is 575 g/mol. The number of sulfonamides is 1. The van der Waals surface area contributed by atoms with Crippen LogP contribution in [0.1, 0.15) is 11.1 Å². The Balaban J connectivity index is 0.00000363. The number of rotatable bonds is 7. The Morgan fingerprint density at radius 3 is 2.34 bits per heavy atom. The summed E-state index contributed by atoms with van der Waals surface area (Å²) in [4.78, 5) is 6.66. The summed E-state index contributed by atoms with van der Waals surface area (Å²) in [5.74, 6) is 0.327. The quantitative estimate of drug-likeness (QED) is 0.301. The molecule has 0 atom stereocenters. The minimum atomic E-state index is -3.55. The van der Waals surface area contributed by atoms with Crippen LogP contribution in [0.2, 0.25) is 0 Å².